The normalized spacial score (nSPS) is 28.1. The summed E-state index contributed by atoms with van der Waals surface area (Å²) in [5, 5.41) is 11.0. The van der Waals surface area contributed by atoms with Crippen molar-refractivity contribution in [2.45, 2.75) is 64.3 Å². The lowest BCUT2D eigenvalue weighted by molar-refractivity contribution is -0.0948. The monoisotopic (exact) mass is 363 g/mol. The van der Waals surface area contributed by atoms with Gasteiger partial charge in [0.2, 0.25) is 0 Å². The third kappa shape index (κ3) is 4.64. The van der Waals surface area contributed by atoms with E-state index in [1.165, 1.54) is 0 Å². The van der Waals surface area contributed by atoms with Crippen LogP contribution in [-0.2, 0) is 4.74 Å². The van der Waals surface area contributed by atoms with Crippen LogP contribution in [0, 0.1) is 0 Å². The molecule has 0 aromatic carbocycles. The fourth-order valence-corrected chi connectivity index (χ4v) is 3.89. The van der Waals surface area contributed by atoms with Gasteiger partial charge < -0.3 is 15.4 Å². The average Bonchev–Trinajstić information content (AvgIpc) is 3.10. The number of nitrogens with zero attached hydrogens (tertiary/aromatic N) is 3. The van der Waals surface area contributed by atoms with Crippen molar-refractivity contribution in [3.63, 3.8) is 0 Å². The third-order valence-electron chi connectivity index (χ3n) is 5.44. The van der Waals surface area contributed by atoms with E-state index < -0.39 is 0 Å². The van der Waals surface area contributed by atoms with E-state index >= 15 is 0 Å². The van der Waals surface area contributed by atoms with Crippen LogP contribution in [0.25, 0.3) is 0 Å². The minimum Gasteiger partial charge on any atom is -0.373 e. The van der Waals surface area contributed by atoms with Gasteiger partial charge in [-0.25, -0.2) is 0 Å². The van der Waals surface area contributed by atoms with Crippen molar-refractivity contribution in [2.75, 3.05) is 32.7 Å². The number of morpholine rings is 1. The number of carbonyl (C=O) groups excluding carboxylic acids is 1. The van der Waals surface area contributed by atoms with Gasteiger partial charge in [-0.05, 0) is 53.1 Å². The van der Waals surface area contributed by atoms with E-state index in [1.807, 2.05) is 16.9 Å². The topological polar surface area (TPSA) is 71.4 Å². The molecule has 1 aromatic heterocycles. The van der Waals surface area contributed by atoms with Gasteiger partial charge in [-0.3, -0.25) is 14.4 Å². The molecule has 7 nitrogen and oxygen atoms in total. The zero-order valence-electron chi connectivity index (χ0n) is 16.5. The maximum atomic E-state index is 12.6. The van der Waals surface area contributed by atoms with Gasteiger partial charge in [-0.15, -0.1) is 0 Å². The Hall–Kier alpha value is -1.44. The number of rotatable bonds is 5. The summed E-state index contributed by atoms with van der Waals surface area (Å²) in [6, 6.07) is 2.16. The molecule has 26 heavy (non-hydrogen) atoms. The standard InChI is InChI=1S/C19H33N5O2/c1-14-11-23(12-15(2)26-14)19(3,4)13-21-18(25)17-7-9-24(22-17)16-6-5-8-20-10-16/h7,9,14-16,20H,5-6,8,10-13H2,1-4H3,(H,21,25). The van der Waals surface area contributed by atoms with Gasteiger partial charge in [0.25, 0.3) is 5.91 Å². The Morgan fingerprint density at radius 3 is 2.77 bits per heavy atom. The molecule has 3 atom stereocenters. The van der Waals surface area contributed by atoms with Crippen LogP contribution in [-0.4, -0.2) is 71.1 Å². The first kappa shape index (κ1) is 19.3. The van der Waals surface area contributed by atoms with Crippen LogP contribution >= 0.6 is 0 Å². The molecule has 146 valence electrons. The fraction of sp³-hybridized carbons (Fsp3) is 0.789. The van der Waals surface area contributed by atoms with Crippen LogP contribution in [0.2, 0.25) is 0 Å². The van der Waals surface area contributed by atoms with Gasteiger partial charge >= 0.3 is 0 Å². The predicted molar refractivity (Wildman–Crippen MR) is 101 cm³/mol. The molecule has 0 saturated carbocycles. The van der Waals surface area contributed by atoms with Crippen LogP contribution in [0.15, 0.2) is 12.3 Å². The highest BCUT2D eigenvalue weighted by atomic mass is 16.5. The summed E-state index contributed by atoms with van der Waals surface area (Å²) in [5.41, 5.74) is 0.368. The van der Waals surface area contributed by atoms with Crippen molar-refractivity contribution in [1.29, 1.82) is 0 Å². The van der Waals surface area contributed by atoms with E-state index in [0.29, 0.717) is 18.3 Å². The van der Waals surface area contributed by atoms with Gasteiger partial charge in [0.05, 0.1) is 18.2 Å². The summed E-state index contributed by atoms with van der Waals surface area (Å²) in [6.07, 6.45) is 4.61. The molecule has 2 aliphatic rings. The SMILES string of the molecule is CC1CN(C(C)(C)CNC(=O)c2ccn(C3CCCNC3)n2)CC(C)O1. The molecule has 0 bridgehead atoms. The lowest BCUT2D eigenvalue weighted by Crippen LogP contribution is -2.58. The van der Waals surface area contributed by atoms with E-state index in [0.717, 1.165) is 39.0 Å². The minimum atomic E-state index is -0.127. The van der Waals surface area contributed by atoms with E-state index in [1.54, 1.807) is 0 Å². The molecule has 2 N–H and O–H groups in total. The zero-order chi connectivity index (χ0) is 18.7. The largest absolute Gasteiger partial charge is 0.373 e. The molecule has 3 unspecified atom stereocenters. The summed E-state index contributed by atoms with van der Waals surface area (Å²) in [5.74, 6) is -0.102. The van der Waals surface area contributed by atoms with Gasteiger partial charge in [-0.1, -0.05) is 0 Å². The second kappa shape index (κ2) is 8.06. The molecule has 2 fully saturated rings. The Morgan fingerprint density at radius 2 is 2.12 bits per heavy atom. The van der Waals surface area contributed by atoms with E-state index in [2.05, 4.69) is 48.3 Å². The summed E-state index contributed by atoms with van der Waals surface area (Å²) >= 11 is 0. The highest BCUT2D eigenvalue weighted by molar-refractivity contribution is 5.92. The second-order valence-electron chi connectivity index (χ2n) is 8.34. The predicted octanol–water partition coefficient (Wildman–Crippen LogP) is 1.43. The maximum absolute atomic E-state index is 12.6. The van der Waals surface area contributed by atoms with Crippen LogP contribution in [0.5, 0.6) is 0 Å². The molecule has 3 rings (SSSR count). The van der Waals surface area contributed by atoms with Crippen molar-refractivity contribution < 1.29 is 9.53 Å². The molecule has 0 spiro atoms. The number of hydrogen-bond donors (Lipinski definition) is 2. The van der Waals surface area contributed by atoms with Crippen LogP contribution in [0.3, 0.4) is 0 Å². The van der Waals surface area contributed by atoms with E-state index in [9.17, 15) is 4.79 Å². The quantitative estimate of drug-likeness (QED) is 0.828. The summed E-state index contributed by atoms with van der Waals surface area (Å²) in [6.45, 7) is 12.9. The molecule has 0 aliphatic carbocycles. The molecule has 0 radical (unpaired) electrons. The first-order valence-electron chi connectivity index (χ1n) is 9.80. The number of aromatic nitrogens is 2. The Bertz CT molecular complexity index is 599. The first-order chi connectivity index (χ1) is 12.3. The lowest BCUT2D eigenvalue weighted by Gasteiger charge is -2.45. The van der Waals surface area contributed by atoms with Gasteiger partial charge in [0.1, 0.15) is 5.69 Å². The molecule has 3 heterocycles. The molecular weight excluding hydrogens is 330 g/mol. The lowest BCUT2D eigenvalue weighted by atomic mass is 10.00. The zero-order valence-corrected chi connectivity index (χ0v) is 16.5. The van der Waals surface area contributed by atoms with Crippen LogP contribution in [0.4, 0.5) is 0 Å². The van der Waals surface area contributed by atoms with Crippen molar-refractivity contribution >= 4 is 5.91 Å². The smallest absolute Gasteiger partial charge is 0.271 e. The van der Waals surface area contributed by atoms with E-state index in [4.69, 9.17) is 4.74 Å². The Morgan fingerprint density at radius 1 is 1.38 bits per heavy atom. The summed E-state index contributed by atoms with van der Waals surface area (Å²) in [7, 11) is 0. The van der Waals surface area contributed by atoms with Crippen LogP contribution < -0.4 is 10.6 Å². The summed E-state index contributed by atoms with van der Waals surface area (Å²) in [4.78, 5) is 15.0. The number of carbonyl (C=O) groups is 1. The second-order valence-corrected chi connectivity index (χ2v) is 8.34. The van der Waals surface area contributed by atoms with Crippen molar-refractivity contribution in [2.24, 2.45) is 0 Å². The van der Waals surface area contributed by atoms with Crippen molar-refractivity contribution in [1.82, 2.24) is 25.3 Å². The molecule has 1 aromatic rings. The minimum absolute atomic E-state index is 0.102. The summed E-state index contributed by atoms with van der Waals surface area (Å²) < 4.78 is 7.75. The van der Waals surface area contributed by atoms with Crippen molar-refractivity contribution in [3.8, 4) is 0 Å². The van der Waals surface area contributed by atoms with Gasteiger partial charge in [0.15, 0.2) is 0 Å². The highest BCUT2D eigenvalue weighted by Gasteiger charge is 2.33. The highest BCUT2D eigenvalue weighted by Crippen LogP contribution is 2.21. The molecule has 7 heteroatoms. The Labute approximate surface area is 156 Å². The molecule has 2 saturated heterocycles. The molecule has 1 amide bonds. The van der Waals surface area contributed by atoms with E-state index in [-0.39, 0.29) is 23.7 Å². The number of amides is 1. The first-order valence-corrected chi connectivity index (χ1v) is 9.80. The Balaban J connectivity index is 1.55. The fourth-order valence-electron chi connectivity index (χ4n) is 3.89. The number of hydrogen-bond acceptors (Lipinski definition) is 5. The van der Waals surface area contributed by atoms with Gasteiger partial charge in [0, 0.05) is 37.9 Å². The molecular formula is C19H33N5O2. The molecule has 2 aliphatic heterocycles. The van der Waals surface area contributed by atoms with Gasteiger partial charge in [-0.2, -0.15) is 5.10 Å². The third-order valence-corrected chi connectivity index (χ3v) is 5.44. The van der Waals surface area contributed by atoms with Crippen LogP contribution in [0.1, 0.15) is 57.1 Å². The average molecular weight is 364 g/mol. The van der Waals surface area contributed by atoms with Crippen molar-refractivity contribution in [3.05, 3.63) is 18.0 Å². The Kier molecular flexibility index (Phi) is 5.99. The number of piperidine rings is 1. The number of nitrogens with one attached hydrogen (secondary N) is 2. The maximum Gasteiger partial charge on any atom is 0.271 e. The number of ether oxygens (including phenoxy) is 1.